The topological polar surface area (TPSA) is 85.3 Å². The Bertz CT molecular complexity index is 1610. The smallest absolute Gasteiger partial charge is 0.154 e. The lowest BCUT2D eigenvalue weighted by atomic mass is 10.00. The molecule has 2 aliphatic rings. The van der Waals surface area contributed by atoms with Crippen LogP contribution in [0.2, 0.25) is 0 Å². The van der Waals surface area contributed by atoms with Crippen LogP contribution >= 0.6 is 0 Å². The Morgan fingerprint density at radius 1 is 1.03 bits per heavy atom. The number of hydrogen-bond acceptors (Lipinski definition) is 7. The van der Waals surface area contributed by atoms with E-state index in [4.69, 9.17) is 9.97 Å². The summed E-state index contributed by atoms with van der Waals surface area (Å²) in [6.07, 6.45) is 11.0. The van der Waals surface area contributed by atoms with Crippen molar-refractivity contribution < 1.29 is 4.39 Å². The van der Waals surface area contributed by atoms with Gasteiger partial charge in [-0.25, -0.2) is 14.4 Å². The molecule has 8 nitrogen and oxygen atoms in total. The number of benzene rings is 1. The molecule has 0 saturated heterocycles. The Balaban J connectivity index is 1.42. The Hall–Kier alpha value is -4.63. The van der Waals surface area contributed by atoms with Crippen LogP contribution < -0.4 is 10.4 Å². The highest BCUT2D eigenvalue weighted by molar-refractivity contribution is 5.93. The summed E-state index contributed by atoms with van der Waals surface area (Å²) in [5, 5.41) is 1.87. The second-order valence-electron chi connectivity index (χ2n) is 9.62. The fourth-order valence-corrected chi connectivity index (χ4v) is 4.80. The van der Waals surface area contributed by atoms with Crippen LogP contribution in [-0.4, -0.2) is 52.2 Å². The monoisotopic (exact) mass is 506 g/mol. The molecule has 38 heavy (non-hydrogen) atoms. The van der Waals surface area contributed by atoms with Gasteiger partial charge in [-0.05, 0) is 43.9 Å². The largest absolute Gasteiger partial charge is 0.340 e. The first-order valence-electron chi connectivity index (χ1n) is 12.3. The molecule has 0 spiro atoms. The van der Waals surface area contributed by atoms with Gasteiger partial charge in [-0.2, -0.15) is 0 Å². The van der Waals surface area contributed by atoms with Gasteiger partial charge in [0.1, 0.15) is 11.6 Å². The molecular weight excluding hydrogens is 479 g/mol. The number of nitrogens with one attached hydrogen (secondary N) is 2. The average molecular weight is 507 g/mol. The molecule has 2 N–H and O–H groups in total. The molecule has 0 aliphatic carbocycles. The third kappa shape index (κ3) is 4.37. The lowest BCUT2D eigenvalue weighted by Crippen LogP contribution is -2.34. The number of halogens is 1. The Labute approximate surface area is 220 Å². The van der Waals surface area contributed by atoms with E-state index in [1.54, 1.807) is 18.3 Å². The van der Waals surface area contributed by atoms with Gasteiger partial charge < -0.3 is 15.3 Å². The number of nitrogens with zero attached hydrogens (tertiary/aromatic N) is 6. The number of hydrogen-bond donors (Lipinski definition) is 2. The van der Waals surface area contributed by atoms with E-state index in [9.17, 15) is 4.39 Å². The van der Waals surface area contributed by atoms with Crippen LogP contribution in [0, 0.1) is 5.82 Å². The molecule has 1 aromatic carbocycles. The van der Waals surface area contributed by atoms with Crippen LogP contribution in [0.4, 0.5) is 10.2 Å². The van der Waals surface area contributed by atoms with Gasteiger partial charge in [-0.1, -0.05) is 18.2 Å². The van der Waals surface area contributed by atoms with Crippen molar-refractivity contribution in [3.05, 3.63) is 107 Å². The van der Waals surface area contributed by atoms with E-state index in [1.165, 1.54) is 6.07 Å². The fraction of sp³-hybridized carbons (Fsp3) is 0.172. The molecule has 0 amide bonds. The molecule has 3 aromatic heterocycles. The lowest BCUT2D eigenvalue weighted by Gasteiger charge is -2.27. The lowest BCUT2D eigenvalue weighted by molar-refractivity contribution is 0.402. The maximum Gasteiger partial charge on any atom is 0.154 e. The molecule has 2 aliphatic heterocycles. The molecule has 0 fully saturated rings. The molecule has 0 atom stereocenters. The molecule has 0 radical (unpaired) electrons. The number of aromatic nitrogens is 4. The van der Waals surface area contributed by atoms with Crippen molar-refractivity contribution in [1.29, 1.82) is 0 Å². The van der Waals surface area contributed by atoms with Gasteiger partial charge in [-0.3, -0.25) is 15.0 Å². The van der Waals surface area contributed by atoms with Gasteiger partial charge in [0.2, 0.25) is 0 Å². The molecule has 4 aromatic rings. The maximum atomic E-state index is 14.7. The zero-order valence-corrected chi connectivity index (χ0v) is 21.4. The number of allylic oxidation sites excluding steroid dienone is 1. The number of H-pyrrole nitrogens is 1. The number of aromatic amines is 1. The second kappa shape index (κ2) is 9.68. The molecule has 0 bridgehead atoms. The van der Waals surface area contributed by atoms with E-state index in [0.29, 0.717) is 29.2 Å². The normalized spacial score (nSPS) is 14.4. The molecule has 0 unspecified atom stereocenters. The summed E-state index contributed by atoms with van der Waals surface area (Å²) < 4.78 is 14.7. The second-order valence-corrected chi connectivity index (χ2v) is 9.62. The number of aliphatic imine (C=N–C) groups is 1. The predicted molar refractivity (Wildman–Crippen MR) is 148 cm³/mol. The van der Waals surface area contributed by atoms with Crippen molar-refractivity contribution in [3.63, 3.8) is 0 Å². The first-order chi connectivity index (χ1) is 18.5. The number of rotatable bonds is 5. The van der Waals surface area contributed by atoms with E-state index in [2.05, 4.69) is 37.4 Å². The van der Waals surface area contributed by atoms with E-state index in [-0.39, 0.29) is 5.82 Å². The summed E-state index contributed by atoms with van der Waals surface area (Å²) in [6.45, 7) is 1.22. The van der Waals surface area contributed by atoms with Crippen molar-refractivity contribution in [2.24, 2.45) is 4.99 Å². The first kappa shape index (κ1) is 23.7. The summed E-state index contributed by atoms with van der Waals surface area (Å²) in [7, 11) is 6.00. The van der Waals surface area contributed by atoms with Crippen molar-refractivity contribution in [2.75, 3.05) is 26.2 Å². The summed E-state index contributed by atoms with van der Waals surface area (Å²) in [6, 6.07) is 11.0. The minimum absolute atomic E-state index is 0.297. The average Bonchev–Trinajstić information content (AvgIpc) is 3.23. The van der Waals surface area contributed by atoms with E-state index < -0.39 is 0 Å². The minimum Gasteiger partial charge on any atom is -0.340 e. The quantitative estimate of drug-likeness (QED) is 0.417. The van der Waals surface area contributed by atoms with Gasteiger partial charge in [0.25, 0.3) is 0 Å². The number of imidazole rings is 1. The molecule has 5 heterocycles. The van der Waals surface area contributed by atoms with Gasteiger partial charge >= 0.3 is 0 Å². The van der Waals surface area contributed by atoms with Crippen LogP contribution in [0.15, 0.2) is 72.3 Å². The maximum absolute atomic E-state index is 14.7. The van der Waals surface area contributed by atoms with Crippen LogP contribution in [0.1, 0.15) is 33.9 Å². The standard InChI is InChI=1S/C29H27FN8/c1-37(2)17-18-10-19(13-32-12-18)20-11-23-24(15-34-38(3)29(23)33-14-20)28-35-26-16-31-9-8-22(27(26)36-28)21-6-4-5-7-25(21)30/h4-15,34H,16-17H2,1-3H3,(H,35,36). The number of anilines is 1. The van der Waals surface area contributed by atoms with Crippen LogP contribution in [0.5, 0.6) is 0 Å². The van der Waals surface area contributed by atoms with E-state index >= 15 is 0 Å². The van der Waals surface area contributed by atoms with E-state index in [1.807, 2.05) is 63.1 Å². The zero-order chi connectivity index (χ0) is 26.2. The molecular formula is C29H27FN8. The number of hydrazine groups is 1. The fourth-order valence-electron chi connectivity index (χ4n) is 4.80. The molecule has 190 valence electrons. The van der Waals surface area contributed by atoms with Crippen molar-refractivity contribution in [3.8, 4) is 11.1 Å². The van der Waals surface area contributed by atoms with Gasteiger partial charge in [0.05, 0.1) is 17.9 Å². The van der Waals surface area contributed by atoms with Crippen LogP contribution in [0.3, 0.4) is 0 Å². The van der Waals surface area contributed by atoms with Gasteiger partial charge in [-0.15, -0.1) is 0 Å². The number of pyridine rings is 2. The summed E-state index contributed by atoms with van der Waals surface area (Å²) >= 11 is 0. The highest BCUT2D eigenvalue weighted by Crippen LogP contribution is 2.36. The van der Waals surface area contributed by atoms with Crippen molar-refractivity contribution in [2.45, 2.75) is 13.1 Å². The molecule has 0 saturated carbocycles. The third-order valence-corrected chi connectivity index (χ3v) is 6.55. The first-order valence-corrected chi connectivity index (χ1v) is 12.3. The van der Waals surface area contributed by atoms with Crippen LogP contribution in [-0.2, 0) is 13.1 Å². The van der Waals surface area contributed by atoms with Crippen LogP contribution in [0.25, 0.3) is 22.3 Å². The summed E-state index contributed by atoms with van der Waals surface area (Å²) in [4.78, 5) is 24.2. The van der Waals surface area contributed by atoms with Crippen molar-refractivity contribution in [1.82, 2.24) is 30.3 Å². The number of fused-ring (bicyclic) bond motifs is 2. The summed E-state index contributed by atoms with van der Waals surface area (Å²) in [5.41, 5.74) is 10.8. The van der Waals surface area contributed by atoms with Gasteiger partial charge in [0, 0.05) is 78.0 Å². The zero-order valence-electron chi connectivity index (χ0n) is 21.4. The Morgan fingerprint density at radius 3 is 2.71 bits per heavy atom. The highest BCUT2D eigenvalue weighted by Gasteiger charge is 2.25. The highest BCUT2D eigenvalue weighted by atomic mass is 19.1. The Morgan fingerprint density at radius 2 is 1.87 bits per heavy atom. The van der Waals surface area contributed by atoms with Crippen molar-refractivity contribution >= 4 is 23.2 Å². The predicted octanol–water partition coefficient (Wildman–Crippen LogP) is 4.43. The minimum atomic E-state index is -0.297. The Kier molecular flexibility index (Phi) is 6.05. The summed E-state index contributed by atoms with van der Waals surface area (Å²) in [5.74, 6) is 1.14. The molecule has 9 heteroatoms. The van der Waals surface area contributed by atoms with E-state index in [0.717, 1.165) is 45.9 Å². The van der Waals surface area contributed by atoms with Gasteiger partial charge in [0.15, 0.2) is 5.82 Å². The third-order valence-electron chi connectivity index (χ3n) is 6.55. The molecule has 6 rings (SSSR count). The SMILES string of the molecule is CN(C)Cc1cncc(-c2cnc3c(c2)C(c2nc4c([nH]2)CN=CC=C4c2ccccc2F)=CNN3C)c1.